The van der Waals surface area contributed by atoms with Crippen molar-refractivity contribution in [3.63, 3.8) is 0 Å². The van der Waals surface area contributed by atoms with E-state index in [0.29, 0.717) is 0 Å². The van der Waals surface area contributed by atoms with Crippen molar-refractivity contribution >= 4 is 10.8 Å². The van der Waals surface area contributed by atoms with Crippen LogP contribution in [0.25, 0.3) is 10.8 Å². The fourth-order valence-corrected chi connectivity index (χ4v) is 3.82. The molecule has 1 saturated heterocycles. The molecule has 1 fully saturated rings. The van der Waals surface area contributed by atoms with E-state index in [-0.39, 0.29) is 0 Å². The van der Waals surface area contributed by atoms with Crippen LogP contribution < -0.4 is 9.80 Å². The minimum Gasteiger partial charge on any atom is -0.322 e. The molecule has 1 aliphatic heterocycles. The summed E-state index contributed by atoms with van der Waals surface area (Å²) in [6.45, 7) is 7.23. The zero-order valence-electron chi connectivity index (χ0n) is 14.0. The number of piperazine rings is 1. The van der Waals surface area contributed by atoms with Gasteiger partial charge in [0.2, 0.25) is 0 Å². The predicted molar refractivity (Wildman–Crippen MR) is 97.0 cm³/mol. The fraction of sp³-hybridized carbons (Fsp3) is 0.286. The maximum absolute atomic E-state index is 4.23. The van der Waals surface area contributed by atoms with E-state index in [1.54, 1.807) is 9.80 Å². The number of nitrogens with one attached hydrogen (secondary N) is 2. The first-order chi connectivity index (χ1) is 11.9. The summed E-state index contributed by atoms with van der Waals surface area (Å²) in [6.07, 6.45) is 3.85. The number of pyridine rings is 1. The Labute approximate surface area is 143 Å². The van der Waals surface area contributed by atoms with Crippen molar-refractivity contribution in [3.8, 4) is 0 Å². The lowest BCUT2D eigenvalue weighted by Gasteiger charge is -2.30. The van der Waals surface area contributed by atoms with Crippen molar-refractivity contribution in [2.45, 2.75) is 13.1 Å². The Hall–Kier alpha value is -2.23. The SMILES string of the molecule is c1cncc(C[NH+]2CC[NH+](Cc3cccc4ccccc34)CC2)c1. The zero-order valence-corrected chi connectivity index (χ0v) is 14.0. The second kappa shape index (κ2) is 7.12. The molecule has 122 valence electrons. The highest BCUT2D eigenvalue weighted by atomic mass is 15.3. The molecule has 0 spiro atoms. The quantitative estimate of drug-likeness (QED) is 0.727. The number of nitrogens with zero attached hydrogens (tertiary/aromatic N) is 1. The van der Waals surface area contributed by atoms with Gasteiger partial charge in [-0.15, -0.1) is 0 Å². The Morgan fingerprint density at radius 2 is 1.50 bits per heavy atom. The lowest BCUT2D eigenvalue weighted by Crippen LogP contribution is -3.27. The van der Waals surface area contributed by atoms with Crippen molar-refractivity contribution in [1.29, 1.82) is 0 Å². The van der Waals surface area contributed by atoms with Gasteiger partial charge in [-0.2, -0.15) is 0 Å². The molecule has 0 atom stereocenters. The van der Waals surface area contributed by atoms with Crippen LogP contribution in [0.1, 0.15) is 11.1 Å². The molecule has 3 aromatic rings. The number of hydrogen-bond donors (Lipinski definition) is 2. The van der Waals surface area contributed by atoms with E-state index >= 15 is 0 Å². The summed E-state index contributed by atoms with van der Waals surface area (Å²) in [4.78, 5) is 7.63. The van der Waals surface area contributed by atoms with Crippen LogP contribution in [0.2, 0.25) is 0 Å². The van der Waals surface area contributed by atoms with Crippen LogP contribution in [-0.4, -0.2) is 31.2 Å². The fourth-order valence-electron chi connectivity index (χ4n) is 3.82. The van der Waals surface area contributed by atoms with Gasteiger partial charge < -0.3 is 9.80 Å². The molecule has 24 heavy (non-hydrogen) atoms. The third-order valence-electron chi connectivity index (χ3n) is 5.16. The number of quaternary nitrogens is 2. The molecule has 0 aliphatic carbocycles. The maximum atomic E-state index is 4.23. The van der Waals surface area contributed by atoms with Gasteiger partial charge >= 0.3 is 0 Å². The number of aromatic nitrogens is 1. The van der Waals surface area contributed by atoms with Crippen molar-refractivity contribution in [3.05, 3.63) is 78.1 Å². The first kappa shape index (κ1) is 15.3. The first-order valence-electron chi connectivity index (χ1n) is 8.91. The summed E-state index contributed by atoms with van der Waals surface area (Å²) in [7, 11) is 0. The molecule has 0 radical (unpaired) electrons. The van der Waals surface area contributed by atoms with Crippen LogP contribution in [0, 0.1) is 0 Å². The highest BCUT2D eigenvalue weighted by molar-refractivity contribution is 5.85. The van der Waals surface area contributed by atoms with Crippen LogP contribution in [0.15, 0.2) is 67.0 Å². The summed E-state index contributed by atoms with van der Waals surface area (Å²) >= 11 is 0. The molecule has 2 heterocycles. The molecule has 3 nitrogen and oxygen atoms in total. The minimum atomic E-state index is 1.11. The van der Waals surface area contributed by atoms with E-state index in [9.17, 15) is 0 Å². The number of rotatable bonds is 4. The van der Waals surface area contributed by atoms with E-state index in [4.69, 9.17) is 0 Å². The highest BCUT2D eigenvalue weighted by Gasteiger charge is 2.23. The second-order valence-electron chi connectivity index (χ2n) is 6.85. The van der Waals surface area contributed by atoms with E-state index in [0.717, 1.165) is 13.1 Å². The molecule has 2 aromatic carbocycles. The lowest BCUT2D eigenvalue weighted by atomic mass is 10.0. The molecule has 0 bridgehead atoms. The van der Waals surface area contributed by atoms with Gasteiger partial charge in [0.05, 0.1) is 0 Å². The van der Waals surface area contributed by atoms with Crippen LogP contribution in [0.3, 0.4) is 0 Å². The molecule has 4 rings (SSSR count). The normalized spacial score (nSPS) is 21.0. The maximum Gasteiger partial charge on any atom is 0.127 e. The molecule has 1 aliphatic rings. The van der Waals surface area contributed by atoms with Gasteiger partial charge in [0.25, 0.3) is 0 Å². The zero-order chi connectivity index (χ0) is 16.2. The summed E-state index contributed by atoms with van der Waals surface area (Å²) in [6, 6.07) is 19.7. The van der Waals surface area contributed by atoms with Gasteiger partial charge in [-0.05, 0) is 16.8 Å². The van der Waals surface area contributed by atoms with Crippen LogP contribution in [-0.2, 0) is 13.1 Å². The Kier molecular flexibility index (Phi) is 4.54. The molecular weight excluding hydrogens is 294 g/mol. The average molecular weight is 319 g/mol. The first-order valence-corrected chi connectivity index (χ1v) is 8.91. The van der Waals surface area contributed by atoms with E-state index in [2.05, 4.69) is 53.5 Å². The van der Waals surface area contributed by atoms with Crippen molar-refractivity contribution in [2.75, 3.05) is 26.2 Å². The van der Waals surface area contributed by atoms with Crippen LogP contribution in [0.5, 0.6) is 0 Å². The van der Waals surface area contributed by atoms with Crippen LogP contribution >= 0.6 is 0 Å². The number of hydrogen-bond acceptors (Lipinski definition) is 1. The predicted octanol–water partition coefficient (Wildman–Crippen LogP) is 0.718. The molecule has 1 aromatic heterocycles. The average Bonchev–Trinajstić information content (AvgIpc) is 2.65. The molecular formula is C21H25N3+2. The summed E-state index contributed by atoms with van der Waals surface area (Å²) in [5.41, 5.74) is 2.84. The van der Waals surface area contributed by atoms with Gasteiger partial charge in [0.15, 0.2) is 0 Å². The summed E-state index contributed by atoms with van der Waals surface area (Å²) in [5.74, 6) is 0. The molecule has 0 saturated carbocycles. The van der Waals surface area contributed by atoms with E-state index in [1.165, 1.54) is 48.1 Å². The summed E-state index contributed by atoms with van der Waals surface area (Å²) in [5, 5.41) is 2.77. The third kappa shape index (κ3) is 3.48. The second-order valence-corrected chi connectivity index (χ2v) is 6.85. The molecule has 2 N–H and O–H groups in total. The van der Waals surface area contributed by atoms with Crippen molar-refractivity contribution in [2.24, 2.45) is 0 Å². The summed E-state index contributed by atoms with van der Waals surface area (Å²) < 4.78 is 0. The topological polar surface area (TPSA) is 21.8 Å². The van der Waals surface area contributed by atoms with Gasteiger partial charge in [-0.25, -0.2) is 0 Å². The Morgan fingerprint density at radius 1 is 0.750 bits per heavy atom. The van der Waals surface area contributed by atoms with Crippen LogP contribution in [0.4, 0.5) is 0 Å². The Morgan fingerprint density at radius 3 is 2.29 bits per heavy atom. The van der Waals surface area contributed by atoms with Crippen molar-refractivity contribution in [1.82, 2.24) is 4.98 Å². The standard InChI is InChI=1S/C21H23N3/c1-2-9-21-19(6-1)7-3-8-20(21)17-24-13-11-23(12-14-24)16-18-5-4-10-22-15-18/h1-10,15H,11-14,16-17H2/p+2. The highest BCUT2D eigenvalue weighted by Crippen LogP contribution is 2.17. The molecule has 0 unspecified atom stereocenters. The van der Waals surface area contributed by atoms with Gasteiger partial charge in [0.1, 0.15) is 39.3 Å². The number of benzene rings is 2. The third-order valence-corrected chi connectivity index (χ3v) is 5.16. The number of fused-ring (bicyclic) bond motifs is 1. The Balaban J connectivity index is 1.38. The largest absolute Gasteiger partial charge is 0.322 e. The molecule has 0 amide bonds. The molecule has 3 heteroatoms. The smallest absolute Gasteiger partial charge is 0.127 e. The van der Waals surface area contributed by atoms with Gasteiger partial charge in [-0.1, -0.05) is 48.5 Å². The van der Waals surface area contributed by atoms with E-state index < -0.39 is 0 Å². The monoisotopic (exact) mass is 319 g/mol. The lowest BCUT2D eigenvalue weighted by molar-refractivity contribution is -1.02. The minimum absolute atomic E-state index is 1.11. The van der Waals surface area contributed by atoms with Gasteiger partial charge in [-0.3, -0.25) is 4.98 Å². The Bertz CT molecular complexity index is 787. The van der Waals surface area contributed by atoms with E-state index in [1.807, 2.05) is 18.5 Å². The van der Waals surface area contributed by atoms with Gasteiger partial charge in [0, 0.05) is 23.5 Å². The van der Waals surface area contributed by atoms with Crippen molar-refractivity contribution < 1.29 is 9.80 Å².